The molecule has 0 atom stereocenters. The van der Waals surface area contributed by atoms with Gasteiger partial charge in [0, 0.05) is 24.6 Å². The topological polar surface area (TPSA) is 64.0 Å². The number of allylic oxidation sites excluding steroid dienone is 1. The highest BCUT2D eigenvalue weighted by Gasteiger charge is 2.26. The number of ketones is 1. The van der Waals surface area contributed by atoms with Crippen LogP contribution in [0.3, 0.4) is 0 Å². The van der Waals surface area contributed by atoms with Crippen molar-refractivity contribution in [1.29, 1.82) is 0 Å². The van der Waals surface area contributed by atoms with Crippen molar-refractivity contribution >= 4 is 23.1 Å². The van der Waals surface area contributed by atoms with Gasteiger partial charge in [-0.1, -0.05) is 44.2 Å². The third-order valence-corrected chi connectivity index (χ3v) is 4.94. The van der Waals surface area contributed by atoms with Crippen LogP contribution in [0, 0.1) is 0 Å². The monoisotopic (exact) mass is 351 g/mol. The lowest BCUT2D eigenvalue weighted by atomic mass is 10.00. The molecule has 0 spiro atoms. The summed E-state index contributed by atoms with van der Waals surface area (Å²) in [6.45, 7) is 4.11. The van der Waals surface area contributed by atoms with Gasteiger partial charge >= 0.3 is 0 Å². The molecule has 3 rings (SSSR count). The summed E-state index contributed by atoms with van der Waals surface area (Å²) in [4.78, 5) is 25.0. The Hall–Kier alpha value is -2.69. The molecule has 0 radical (unpaired) electrons. The van der Waals surface area contributed by atoms with Crippen LogP contribution >= 0.6 is 0 Å². The van der Waals surface area contributed by atoms with Crippen LogP contribution in [0.25, 0.3) is 5.57 Å². The maximum absolute atomic E-state index is 12.7. The number of amides is 1. The van der Waals surface area contributed by atoms with Gasteiger partial charge in [0.05, 0.1) is 12.1 Å². The maximum Gasteiger partial charge on any atom is 0.230 e. The summed E-state index contributed by atoms with van der Waals surface area (Å²) in [6, 6.07) is 9.86. The molecular weight excluding hydrogens is 326 g/mol. The Morgan fingerprint density at radius 2 is 1.88 bits per heavy atom. The van der Waals surface area contributed by atoms with Crippen LogP contribution in [-0.2, 0) is 29.5 Å². The first-order chi connectivity index (χ1) is 12.5. The second-order valence-electron chi connectivity index (χ2n) is 6.58. The minimum absolute atomic E-state index is 0.0778. The SMILES string of the molecule is CCc1nn(C)c(NC(=O)CC2=C(c3ccccc3)CCC2=O)c1CC. The third kappa shape index (κ3) is 3.47. The largest absolute Gasteiger partial charge is 0.310 e. The first-order valence-corrected chi connectivity index (χ1v) is 9.20. The third-order valence-electron chi connectivity index (χ3n) is 4.94. The number of rotatable bonds is 6. The molecule has 0 fully saturated rings. The average molecular weight is 351 g/mol. The van der Waals surface area contributed by atoms with E-state index < -0.39 is 0 Å². The average Bonchev–Trinajstić information content (AvgIpc) is 3.16. The molecule has 1 amide bonds. The van der Waals surface area contributed by atoms with Gasteiger partial charge in [0.25, 0.3) is 0 Å². The molecule has 0 saturated carbocycles. The van der Waals surface area contributed by atoms with Gasteiger partial charge in [-0.25, -0.2) is 0 Å². The van der Waals surface area contributed by atoms with Gasteiger partial charge in [-0.15, -0.1) is 0 Å². The number of aryl methyl sites for hydroxylation is 2. The molecule has 2 aromatic rings. The van der Waals surface area contributed by atoms with Gasteiger partial charge < -0.3 is 5.32 Å². The zero-order chi connectivity index (χ0) is 18.7. The van der Waals surface area contributed by atoms with Crippen molar-refractivity contribution in [1.82, 2.24) is 9.78 Å². The predicted octanol–water partition coefficient (Wildman–Crippen LogP) is 3.69. The number of carbonyl (C=O) groups excluding carboxylic acids is 2. The van der Waals surface area contributed by atoms with Crippen LogP contribution in [0.15, 0.2) is 35.9 Å². The van der Waals surface area contributed by atoms with Crippen molar-refractivity contribution in [2.75, 3.05) is 5.32 Å². The summed E-state index contributed by atoms with van der Waals surface area (Å²) in [5, 5.41) is 7.46. The summed E-state index contributed by atoms with van der Waals surface area (Å²) in [5.41, 5.74) is 4.75. The summed E-state index contributed by atoms with van der Waals surface area (Å²) in [6.07, 6.45) is 2.94. The van der Waals surface area contributed by atoms with Crippen LogP contribution < -0.4 is 5.32 Å². The number of anilines is 1. The number of carbonyl (C=O) groups is 2. The Labute approximate surface area is 154 Å². The molecule has 5 nitrogen and oxygen atoms in total. The lowest BCUT2D eigenvalue weighted by molar-refractivity contribution is -0.119. The van der Waals surface area contributed by atoms with E-state index in [2.05, 4.69) is 24.3 Å². The fourth-order valence-corrected chi connectivity index (χ4v) is 3.64. The molecule has 1 aliphatic carbocycles. The number of hydrogen-bond donors (Lipinski definition) is 1. The van der Waals surface area contributed by atoms with Gasteiger partial charge in [-0.3, -0.25) is 14.3 Å². The Bertz CT molecular complexity index is 863. The maximum atomic E-state index is 12.7. The van der Waals surface area contributed by atoms with Gasteiger partial charge in [0.15, 0.2) is 5.78 Å². The molecule has 1 heterocycles. The first kappa shape index (κ1) is 18.1. The summed E-state index contributed by atoms with van der Waals surface area (Å²) in [7, 11) is 1.84. The molecule has 26 heavy (non-hydrogen) atoms. The summed E-state index contributed by atoms with van der Waals surface area (Å²) in [5.74, 6) is 0.652. The molecule has 0 saturated heterocycles. The molecule has 0 unspecified atom stereocenters. The molecule has 1 aromatic heterocycles. The summed E-state index contributed by atoms with van der Waals surface area (Å²) < 4.78 is 1.72. The normalized spacial score (nSPS) is 14.2. The number of nitrogens with one attached hydrogen (secondary N) is 1. The van der Waals surface area contributed by atoms with E-state index in [1.165, 1.54) is 0 Å². The molecule has 0 bridgehead atoms. The zero-order valence-electron chi connectivity index (χ0n) is 15.6. The van der Waals surface area contributed by atoms with E-state index in [1.807, 2.05) is 37.4 Å². The fraction of sp³-hybridized carbons (Fsp3) is 0.381. The first-order valence-electron chi connectivity index (χ1n) is 9.20. The van der Waals surface area contributed by atoms with Gasteiger partial charge in [0.1, 0.15) is 5.82 Å². The lowest BCUT2D eigenvalue weighted by Crippen LogP contribution is -2.17. The molecular formula is C21H25N3O2. The number of benzene rings is 1. The van der Waals surface area contributed by atoms with E-state index in [1.54, 1.807) is 4.68 Å². The van der Waals surface area contributed by atoms with E-state index >= 15 is 0 Å². The van der Waals surface area contributed by atoms with Crippen LogP contribution in [-0.4, -0.2) is 21.5 Å². The Morgan fingerprint density at radius 3 is 2.54 bits per heavy atom. The highest BCUT2D eigenvalue weighted by molar-refractivity contribution is 6.11. The zero-order valence-corrected chi connectivity index (χ0v) is 15.6. The highest BCUT2D eigenvalue weighted by Crippen LogP contribution is 2.33. The lowest BCUT2D eigenvalue weighted by Gasteiger charge is -2.10. The predicted molar refractivity (Wildman–Crippen MR) is 103 cm³/mol. The van der Waals surface area contributed by atoms with Crippen LogP contribution in [0.4, 0.5) is 5.82 Å². The quantitative estimate of drug-likeness (QED) is 0.863. The van der Waals surface area contributed by atoms with Crippen LogP contribution in [0.2, 0.25) is 0 Å². The van der Waals surface area contributed by atoms with Crippen LogP contribution in [0.1, 0.15) is 49.9 Å². The van der Waals surface area contributed by atoms with Crippen molar-refractivity contribution < 1.29 is 9.59 Å². The Kier molecular flexibility index (Phi) is 5.35. The van der Waals surface area contributed by atoms with Gasteiger partial charge in [0.2, 0.25) is 5.91 Å². The Balaban J connectivity index is 1.84. The van der Waals surface area contributed by atoms with E-state index in [0.29, 0.717) is 18.4 Å². The Morgan fingerprint density at radius 1 is 1.15 bits per heavy atom. The van der Waals surface area contributed by atoms with Crippen LogP contribution in [0.5, 0.6) is 0 Å². The highest BCUT2D eigenvalue weighted by atomic mass is 16.2. The van der Waals surface area contributed by atoms with Crippen molar-refractivity contribution in [3.05, 3.63) is 52.7 Å². The van der Waals surface area contributed by atoms with Gasteiger partial charge in [-0.05, 0) is 30.4 Å². The smallest absolute Gasteiger partial charge is 0.230 e. The molecule has 1 N–H and O–H groups in total. The second kappa shape index (κ2) is 7.68. The fourth-order valence-electron chi connectivity index (χ4n) is 3.64. The van der Waals surface area contributed by atoms with E-state index in [-0.39, 0.29) is 18.1 Å². The molecule has 136 valence electrons. The van der Waals surface area contributed by atoms with Crippen molar-refractivity contribution in [3.63, 3.8) is 0 Å². The minimum Gasteiger partial charge on any atom is -0.310 e. The summed E-state index contributed by atoms with van der Waals surface area (Å²) >= 11 is 0. The van der Waals surface area contributed by atoms with Crippen molar-refractivity contribution in [3.8, 4) is 0 Å². The number of nitrogens with zero attached hydrogens (tertiary/aromatic N) is 2. The van der Waals surface area contributed by atoms with Crippen molar-refractivity contribution in [2.24, 2.45) is 7.05 Å². The van der Waals surface area contributed by atoms with E-state index in [4.69, 9.17) is 0 Å². The van der Waals surface area contributed by atoms with E-state index in [9.17, 15) is 9.59 Å². The number of hydrogen-bond acceptors (Lipinski definition) is 3. The van der Waals surface area contributed by atoms with Crippen molar-refractivity contribution in [2.45, 2.75) is 46.0 Å². The molecule has 1 aromatic carbocycles. The number of aromatic nitrogens is 2. The standard InChI is InChI=1S/C21H25N3O2/c1-4-15-18(5-2)23-24(3)21(15)22-20(26)13-17-16(11-12-19(17)25)14-9-7-6-8-10-14/h6-10H,4-5,11-13H2,1-3H3,(H,22,26). The van der Waals surface area contributed by atoms with E-state index in [0.717, 1.165) is 41.1 Å². The van der Waals surface area contributed by atoms with Gasteiger partial charge in [-0.2, -0.15) is 5.10 Å². The molecule has 5 heteroatoms. The number of Topliss-reactive ketones (excluding diaryl/α,β-unsaturated/α-hetero) is 1. The molecule has 1 aliphatic rings. The minimum atomic E-state index is -0.163. The second-order valence-corrected chi connectivity index (χ2v) is 6.58. The molecule has 0 aliphatic heterocycles.